The van der Waals surface area contributed by atoms with Crippen LogP contribution in [-0.4, -0.2) is 24.3 Å². The lowest BCUT2D eigenvalue weighted by atomic mass is 10.0. The molecule has 0 radical (unpaired) electrons. The van der Waals surface area contributed by atoms with E-state index in [4.69, 9.17) is 0 Å². The maximum atomic E-state index is 14.8. The fourth-order valence-corrected chi connectivity index (χ4v) is 3.54. The summed E-state index contributed by atoms with van der Waals surface area (Å²) in [5.41, 5.74) is 1.75. The number of fused-ring (bicyclic) bond motifs is 2. The fraction of sp³-hybridized carbons (Fsp3) is 0.0909. The van der Waals surface area contributed by atoms with Gasteiger partial charge in [0, 0.05) is 30.4 Å². The third-order valence-corrected chi connectivity index (χ3v) is 5.05. The van der Waals surface area contributed by atoms with Crippen LogP contribution in [0.4, 0.5) is 8.78 Å². The van der Waals surface area contributed by atoms with Crippen LogP contribution < -0.4 is 5.56 Å². The highest BCUT2D eigenvalue weighted by Gasteiger charge is 2.15. The van der Waals surface area contributed by atoms with Crippen molar-refractivity contribution in [1.29, 1.82) is 0 Å². The van der Waals surface area contributed by atoms with Gasteiger partial charge in [-0.2, -0.15) is 5.10 Å². The van der Waals surface area contributed by atoms with Crippen molar-refractivity contribution in [2.24, 2.45) is 7.05 Å². The van der Waals surface area contributed by atoms with Gasteiger partial charge in [0.1, 0.15) is 11.6 Å². The molecule has 0 unspecified atom stereocenters. The molecule has 0 saturated heterocycles. The number of nitrogens with zero attached hydrogens (tertiary/aromatic N) is 5. The third-order valence-electron chi connectivity index (χ3n) is 5.05. The van der Waals surface area contributed by atoms with Crippen LogP contribution in [0.3, 0.4) is 0 Å². The summed E-state index contributed by atoms with van der Waals surface area (Å²) in [6.45, 7) is -0.260. The van der Waals surface area contributed by atoms with E-state index in [2.05, 4.69) is 15.1 Å². The number of aromatic nitrogens is 5. The Labute approximate surface area is 169 Å². The maximum Gasteiger partial charge on any atom is 0.261 e. The molecular weight excluding hydrogens is 388 g/mol. The summed E-state index contributed by atoms with van der Waals surface area (Å²) in [7, 11) is 1.81. The van der Waals surface area contributed by atoms with Crippen LogP contribution in [0.2, 0.25) is 0 Å². The lowest BCUT2D eigenvalue weighted by Gasteiger charge is -2.11. The van der Waals surface area contributed by atoms with E-state index in [-0.39, 0.29) is 17.7 Å². The van der Waals surface area contributed by atoms with Crippen molar-refractivity contribution in [2.45, 2.75) is 6.54 Å². The summed E-state index contributed by atoms with van der Waals surface area (Å²) in [6, 6.07) is 9.50. The number of hydrogen-bond acceptors (Lipinski definition) is 4. The van der Waals surface area contributed by atoms with Crippen LogP contribution in [0.1, 0.15) is 5.56 Å². The van der Waals surface area contributed by atoms with Crippen LogP contribution >= 0.6 is 0 Å². The van der Waals surface area contributed by atoms with Gasteiger partial charge in [0.15, 0.2) is 0 Å². The van der Waals surface area contributed by atoms with Crippen molar-refractivity contribution < 1.29 is 8.78 Å². The maximum absolute atomic E-state index is 14.8. The van der Waals surface area contributed by atoms with Gasteiger partial charge in [0.05, 0.1) is 35.5 Å². The minimum Gasteiger partial charge on any atom is -0.294 e. The molecule has 0 spiro atoms. The Morgan fingerprint density at radius 2 is 1.80 bits per heavy atom. The second-order valence-corrected chi connectivity index (χ2v) is 7.07. The Morgan fingerprint density at radius 3 is 2.60 bits per heavy atom. The van der Waals surface area contributed by atoms with E-state index in [1.54, 1.807) is 10.7 Å². The van der Waals surface area contributed by atoms with Gasteiger partial charge in [-0.3, -0.25) is 19.0 Å². The van der Waals surface area contributed by atoms with Gasteiger partial charge in [-0.05, 0) is 41.5 Å². The van der Waals surface area contributed by atoms with E-state index in [0.29, 0.717) is 22.0 Å². The van der Waals surface area contributed by atoms with Crippen LogP contribution in [0.15, 0.2) is 66.1 Å². The normalized spacial score (nSPS) is 11.4. The molecule has 0 fully saturated rings. The Bertz CT molecular complexity index is 1470. The summed E-state index contributed by atoms with van der Waals surface area (Å²) in [5, 5.41) is 5.52. The van der Waals surface area contributed by atoms with Crippen LogP contribution in [-0.2, 0) is 13.6 Å². The molecule has 30 heavy (non-hydrogen) atoms. The molecule has 148 valence electrons. The Balaban J connectivity index is 1.54. The van der Waals surface area contributed by atoms with Gasteiger partial charge in [0.2, 0.25) is 0 Å². The predicted molar refractivity (Wildman–Crippen MR) is 109 cm³/mol. The quantitative estimate of drug-likeness (QED) is 0.461. The minimum absolute atomic E-state index is 0.196. The molecule has 6 nitrogen and oxygen atoms in total. The zero-order valence-corrected chi connectivity index (χ0v) is 15.9. The van der Waals surface area contributed by atoms with E-state index in [1.165, 1.54) is 41.5 Å². The Morgan fingerprint density at radius 1 is 1.00 bits per heavy atom. The molecule has 2 aromatic carbocycles. The lowest BCUT2D eigenvalue weighted by Crippen LogP contribution is -2.22. The highest BCUT2D eigenvalue weighted by Crippen LogP contribution is 2.27. The molecule has 0 saturated carbocycles. The standard InChI is InChI=1S/C22H15F2N5O/c1-28-10-15-6-13(2-3-20(15)27-28)14-7-18(23)17(19(24)8-14)11-29-12-26-21-9-25-5-4-16(21)22(29)30/h2-10,12H,11H2,1H3. The molecule has 0 aliphatic rings. The van der Waals surface area contributed by atoms with Crippen molar-refractivity contribution in [3.63, 3.8) is 0 Å². The number of halogens is 2. The summed E-state index contributed by atoms with van der Waals surface area (Å²) in [4.78, 5) is 20.7. The third kappa shape index (κ3) is 3.02. The van der Waals surface area contributed by atoms with Gasteiger partial charge in [-0.25, -0.2) is 13.8 Å². The molecule has 0 bridgehead atoms. The van der Waals surface area contributed by atoms with Gasteiger partial charge in [0.25, 0.3) is 5.56 Å². The summed E-state index contributed by atoms with van der Waals surface area (Å²) in [5.74, 6) is -1.45. The van der Waals surface area contributed by atoms with Crippen LogP contribution in [0.5, 0.6) is 0 Å². The number of benzene rings is 2. The van der Waals surface area contributed by atoms with Crippen LogP contribution in [0.25, 0.3) is 32.9 Å². The number of pyridine rings is 1. The monoisotopic (exact) mass is 403 g/mol. The van der Waals surface area contributed by atoms with Gasteiger partial charge >= 0.3 is 0 Å². The first-order chi connectivity index (χ1) is 14.5. The molecule has 0 amide bonds. The van der Waals surface area contributed by atoms with Crippen molar-refractivity contribution in [2.75, 3.05) is 0 Å². The van der Waals surface area contributed by atoms with Crippen molar-refractivity contribution in [1.82, 2.24) is 24.3 Å². The molecule has 0 aliphatic carbocycles. The highest BCUT2D eigenvalue weighted by molar-refractivity contribution is 5.84. The summed E-state index contributed by atoms with van der Waals surface area (Å²) in [6.07, 6.45) is 6.06. The average Bonchev–Trinajstić information content (AvgIpc) is 3.11. The molecule has 3 heterocycles. The molecule has 8 heteroatoms. The molecule has 3 aromatic heterocycles. The zero-order valence-electron chi connectivity index (χ0n) is 15.9. The SMILES string of the molecule is Cn1cc2cc(-c3cc(F)c(Cn4cnc5cnccc5c4=O)c(F)c3)ccc2n1. The van der Waals surface area contributed by atoms with Crippen molar-refractivity contribution in [3.8, 4) is 11.1 Å². The minimum atomic E-state index is -0.724. The molecule has 5 aromatic rings. The second-order valence-electron chi connectivity index (χ2n) is 7.07. The van der Waals surface area contributed by atoms with E-state index in [0.717, 1.165) is 10.9 Å². The van der Waals surface area contributed by atoms with E-state index < -0.39 is 11.6 Å². The Hall–Kier alpha value is -3.94. The smallest absolute Gasteiger partial charge is 0.261 e. The topological polar surface area (TPSA) is 65.6 Å². The zero-order chi connectivity index (χ0) is 20.8. The number of rotatable bonds is 3. The molecular formula is C22H15F2N5O. The number of aryl methyl sites for hydroxylation is 1. The Kier molecular flexibility index (Phi) is 4.13. The summed E-state index contributed by atoms with van der Waals surface area (Å²) < 4.78 is 32.6. The first-order valence-electron chi connectivity index (χ1n) is 9.20. The van der Waals surface area contributed by atoms with Gasteiger partial charge in [-0.1, -0.05) is 6.07 Å². The molecule has 0 aliphatic heterocycles. The van der Waals surface area contributed by atoms with E-state index in [1.807, 2.05) is 25.4 Å². The van der Waals surface area contributed by atoms with Crippen molar-refractivity contribution >= 4 is 21.8 Å². The van der Waals surface area contributed by atoms with Crippen molar-refractivity contribution in [3.05, 3.63) is 88.9 Å². The average molecular weight is 403 g/mol. The predicted octanol–water partition coefficient (Wildman–Crippen LogP) is 3.67. The number of hydrogen-bond donors (Lipinski definition) is 0. The lowest BCUT2D eigenvalue weighted by molar-refractivity contribution is 0.541. The molecule has 5 rings (SSSR count). The second kappa shape index (κ2) is 6.84. The highest BCUT2D eigenvalue weighted by atomic mass is 19.1. The summed E-state index contributed by atoms with van der Waals surface area (Å²) >= 11 is 0. The van der Waals surface area contributed by atoms with Crippen LogP contribution in [0, 0.1) is 11.6 Å². The molecule has 0 N–H and O–H groups in total. The fourth-order valence-electron chi connectivity index (χ4n) is 3.54. The first kappa shape index (κ1) is 18.1. The largest absolute Gasteiger partial charge is 0.294 e. The van der Waals surface area contributed by atoms with Gasteiger partial charge in [-0.15, -0.1) is 0 Å². The van der Waals surface area contributed by atoms with E-state index in [9.17, 15) is 13.6 Å². The molecule has 0 atom stereocenters. The first-order valence-corrected chi connectivity index (χ1v) is 9.20. The van der Waals surface area contributed by atoms with E-state index >= 15 is 0 Å². The van der Waals surface area contributed by atoms with Gasteiger partial charge < -0.3 is 0 Å².